The summed E-state index contributed by atoms with van der Waals surface area (Å²) in [5.41, 5.74) is -0.538. The van der Waals surface area contributed by atoms with Crippen LogP contribution < -0.4 is 5.32 Å². The van der Waals surface area contributed by atoms with Crippen LogP contribution in [0, 0.1) is 5.92 Å². The zero-order valence-electron chi connectivity index (χ0n) is 10.0. The molecule has 0 aromatic carbocycles. The van der Waals surface area contributed by atoms with E-state index in [4.69, 9.17) is 9.47 Å². The van der Waals surface area contributed by atoms with Crippen molar-refractivity contribution in [1.29, 1.82) is 0 Å². The van der Waals surface area contributed by atoms with E-state index in [0.29, 0.717) is 13.2 Å². The Morgan fingerprint density at radius 1 is 1.44 bits per heavy atom. The van der Waals surface area contributed by atoms with Crippen LogP contribution in [0.2, 0.25) is 0 Å². The molecule has 1 unspecified atom stereocenters. The van der Waals surface area contributed by atoms with Crippen molar-refractivity contribution in [3.05, 3.63) is 0 Å². The molecule has 1 heterocycles. The molecule has 0 spiro atoms. The van der Waals surface area contributed by atoms with E-state index in [9.17, 15) is 9.59 Å². The molecule has 92 valence electrons. The minimum atomic E-state index is -0.556. The van der Waals surface area contributed by atoms with E-state index in [1.165, 1.54) is 0 Å². The lowest BCUT2D eigenvalue weighted by Crippen LogP contribution is -2.37. The number of nitrogens with one attached hydrogen (secondary N) is 1. The highest BCUT2D eigenvalue weighted by molar-refractivity contribution is 5.86. The van der Waals surface area contributed by atoms with Crippen LogP contribution in [0.4, 0.5) is 4.79 Å². The molecule has 1 aliphatic heterocycles. The van der Waals surface area contributed by atoms with Gasteiger partial charge in [0.25, 0.3) is 0 Å². The average Bonchev–Trinajstić information content (AvgIpc) is 2.64. The van der Waals surface area contributed by atoms with Crippen LogP contribution in [0.3, 0.4) is 0 Å². The summed E-state index contributed by atoms with van der Waals surface area (Å²) in [5, 5.41) is 2.45. The summed E-state index contributed by atoms with van der Waals surface area (Å²) in [4.78, 5) is 22.8. The van der Waals surface area contributed by atoms with Gasteiger partial charge in [0.1, 0.15) is 5.60 Å². The first kappa shape index (κ1) is 13.0. The van der Waals surface area contributed by atoms with Crippen LogP contribution in [-0.4, -0.2) is 37.2 Å². The fraction of sp³-hybridized carbons (Fsp3) is 0.818. The number of hydrogen-bond donors (Lipinski definition) is 1. The Bertz CT molecular complexity index is 264. The van der Waals surface area contributed by atoms with Gasteiger partial charge in [0.05, 0.1) is 13.2 Å². The van der Waals surface area contributed by atoms with Gasteiger partial charge in [-0.1, -0.05) is 0 Å². The fourth-order valence-electron chi connectivity index (χ4n) is 1.41. The van der Waals surface area contributed by atoms with E-state index < -0.39 is 11.7 Å². The van der Waals surface area contributed by atoms with Crippen molar-refractivity contribution in [2.75, 3.05) is 19.8 Å². The molecule has 1 rings (SSSR count). The van der Waals surface area contributed by atoms with Crippen molar-refractivity contribution in [2.45, 2.75) is 32.8 Å². The molecule has 5 heteroatoms. The van der Waals surface area contributed by atoms with E-state index in [2.05, 4.69) is 5.32 Å². The Kier molecular flexibility index (Phi) is 4.29. The van der Waals surface area contributed by atoms with Crippen molar-refractivity contribution < 1.29 is 19.1 Å². The smallest absolute Gasteiger partial charge is 0.408 e. The van der Waals surface area contributed by atoms with Gasteiger partial charge >= 0.3 is 6.09 Å². The van der Waals surface area contributed by atoms with Crippen molar-refractivity contribution >= 4 is 11.9 Å². The van der Waals surface area contributed by atoms with Crippen molar-refractivity contribution in [3.8, 4) is 0 Å². The number of hydrogen-bond acceptors (Lipinski definition) is 4. The van der Waals surface area contributed by atoms with Crippen LogP contribution in [0.1, 0.15) is 27.2 Å². The molecular weight excluding hydrogens is 210 g/mol. The molecule has 0 bridgehead atoms. The molecule has 5 nitrogen and oxygen atoms in total. The molecule has 1 amide bonds. The molecule has 0 aliphatic carbocycles. The monoisotopic (exact) mass is 229 g/mol. The molecule has 0 saturated carbocycles. The van der Waals surface area contributed by atoms with Gasteiger partial charge in [-0.3, -0.25) is 4.79 Å². The Morgan fingerprint density at radius 2 is 2.12 bits per heavy atom. The van der Waals surface area contributed by atoms with Gasteiger partial charge in [0.15, 0.2) is 5.78 Å². The fourth-order valence-corrected chi connectivity index (χ4v) is 1.41. The van der Waals surface area contributed by atoms with E-state index in [1.807, 2.05) is 0 Å². The Hall–Kier alpha value is -1.10. The van der Waals surface area contributed by atoms with Gasteiger partial charge in [0.2, 0.25) is 0 Å². The third-order valence-electron chi connectivity index (χ3n) is 2.19. The molecule has 0 aromatic heterocycles. The van der Waals surface area contributed by atoms with Crippen LogP contribution in [0.25, 0.3) is 0 Å². The molecule has 0 aromatic rings. The maximum Gasteiger partial charge on any atom is 0.408 e. The summed E-state index contributed by atoms with van der Waals surface area (Å²) in [6.07, 6.45) is 0.189. The highest BCUT2D eigenvalue weighted by Gasteiger charge is 2.24. The Labute approximate surface area is 95.5 Å². The molecular formula is C11H19NO4. The summed E-state index contributed by atoms with van der Waals surface area (Å²) >= 11 is 0. The topological polar surface area (TPSA) is 64.6 Å². The predicted octanol–water partition coefficient (Wildman–Crippen LogP) is 1.12. The highest BCUT2D eigenvalue weighted by atomic mass is 16.6. The zero-order chi connectivity index (χ0) is 12.2. The Balaban J connectivity index is 2.23. The molecule has 1 N–H and O–H groups in total. The molecule has 1 saturated heterocycles. The van der Waals surface area contributed by atoms with Crippen LogP contribution in [0.5, 0.6) is 0 Å². The maximum atomic E-state index is 11.6. The number of amides is 1. The largest absolute Gasteiger partial charge is 0.444 e. The summed E-state index contributed by atoms with van der Waals surface area (Å²) in [5.74, 6) is -0.0710. The molecule has 1 atom stereocenters. The average molecular weight is 229 g/mol. The summed E-state index contributed by atoms with van der Waals surface area (Å²) in [6.45, 7) is 6.44. The maximum absolute atomic E-state index is 11.6. The number of rotatable bonds is 3. The van der Waals surface area contributed by atoms with Gasteiger partial charge < -0.3 is 14.8 Å². The van der Waals surface area contributed by atoms with Gasteiger partial charge in [0, 0.05) is 12.5 Å². The SMILES string of the molecule is CC(C)(C)OC(=O)NCC(=O)C1CCOC1. The molecule has 1 aliphatic rings. The second kappa shape index (κ2) is 5.30. The predicted molar refractivity (Wildman–Crippen MR) is 58.2 cm³/mol. The summed E-state index contributed by atoms with van der Waals surface area (Å²) in [7, 11) is 0. The van der Waals surface area contributed by atoms with Gasteiger partial charge in [-0.15, -0.1) is 0 Å². The molecule has 16 heavy (non-hydrogen) atoms. The Morgan fingerprint density at radius 3 is 2.62 bits per heavy atom. The standard InChI is InChI=1S/C11H19NO4/c1-11(2,3)16-10(14)12-6-9(13)8-4-5-15-7-8/h8H,4-7H2,1-3H3,(H,12,14). The normalized spacial score (nSPS) is 20.6. The van der Waals surface area contributed by atoms with Gasteiger partial charge in [-0.25, -0.2) is 4.79 Å². The third-order valence-corrected chi connectivity index (χ3v) is 2.19. The van der Waals surface area contributed by atoms with Crippen molar-refractivity contribution in [3.63, 3.8) is 0 Å². The van der Waals surface area contributed by atoms with E-state index in [1.54, 1.807) is 20.8 Å². The second-order valence-corrected chi connectivity index (χ2v) is 4.88. The quantitative estimate of drug-likeness (QED) is 0.787. The minimum absolute atomic E-state index is 0.00311. The zero-order valence-corrected chi connectivity index (χ0v) is 10.0. The summed E-state index contributed by atoms with van der Waals surface area (Å²) < 4.78 is 10.1. The number of ether oxygens (including phenoxy) is 2. The first-order valence-electron chi connectivity index (χ1n) is 5.46. The first-order chi connectivity index (χ1) is 7.38. The number of carbonyl (C=O) groups is 2. The molecule has 1 fully saturated rings. The second-order valence-electron chi connectivity index (χ2n) is 4.88. The lowest BCUT2D eigenvalue weighted by Gasteiger charge is -2.19. The molecule has 0 radical (unpaired) electrons. The first-order valence-corrected chi connectivity index (χ1v) is 5.46. The number of ketones is 1. The number of Topliss-reactive ketones (excluding diaryl/α,β-unsaturated/α-hetero) is 1. The summed E-state index contributed by atoms with van der Waals surface area (Å²) in [6, 6.07) is 0. The van der Waals surface area contributed by atoms with E-state index in [-0.39, 0.29) is 18.2 Å². The number of carbonyl (C=O) groups excluding carboxylic acids is 2. The number of alkyl carbamates (subject to hydrolysis) is 1. The van der Waals surface area contributed by atoms with Gasteiger partial charge in [-0.2, -0.15) is 0 Å². The van der Waals surface area contributed by atoms with Gasteiger partial charge in [-0.05, 0) is 27.2 Å². The van der Waals surface area contributed by atoms with Crippen LogP contribution in [0.15, 0.2) is 0 Å². The third kappa shape index (κ3) is 4.61. The lowest BCUT2D eigenvalue weighted by atomic mass is 10.0. The lowest BCUT2D eigenvalue weighted by molar-refractivity contribution is -0.122. The van der Waals surface area contributed by atoms with E-state index in [0.717, 1.165) is 6.42 Å². The van der Waals surface area contributed by atoms with Crippen LogP contribution in [-0.2, 0) is 14.3 Å². The van der Waals surface area contributed by atoms with E-state index >= 15 is 0 Å². The van der Waals surface area contributed by atoms with Crippen molar-refractivity contribution in [1.82, 2.24) is 5.32 Å². The highest BCUT2D eigenvalue weighted by Crippen LogP contribution is 2.13. The van der Waals surface area contributed by atoms with Crippen LogP contribution >= 0.6 is 0 Å². The minimum Gasteiger partial charge on any atom is -0.444 e. The van der Waals surface area contributed by atoms with Crippen molar-refractivity contribution in [2.24, 2.45) is 5.92 Å².